The van der Waals surface area contributed by atoms with Crippen molar-refractivity contribution in [2.24, 2.45) is 0 Å². The summed E-state index contributed by atoms with van der Waals surface area (Å²) in [7, 11) is 0. The monoisotopic (exact) mass is 410 g/mol. The Bertz CT molecular complexity index is 1110. The number of rotatable bonds is 5. The first-order valence-corrected chi connectivity index (χ1v) is 10.6. The molecule has 0 atom stereocenters. The molecule has 1 fully saturated rings. The van der Waals surface area contributed by atoms with Crippen LogP contribution in [0.4, 0.5) is 5.69 Å². The fraction of sp³-hybridized carbons (Fsp3) is 0.231. The zero-order valence-electron chi connectivity index (χ0n) is 17.7. The number of H-pyrrole nitrogens is 1. The van der Waals surface area contributed by atoms with Gasteiger partial charge >= 0.3 is 0 Å². The number of anilines is 1. The molecule has 0 aliphatic carbocycles. The number of carbonyl (C=O) groups is 1. The van der Waals surface area contributed by atoms with Crippen molar-refractivity contribution in [3.05, 3.63) is 88.8 Å². The van der Waals surface area contributed by atoms with Gasteiger partial charge in [0.25, 0.3) is 5.91 Å². The number of benzene rings is 2. The first-order chi connectivity index (χ1) is 15.2. The van der Waals surface area contributed by atoms with E-state index in [0.717, 1.165) is 35.5 Å². The fourth-order valence-electron chi connectivity index (χ4n) is 3.59. The predicted octanol–water partition coefficient (Wildman–Crippen LogP) is 4.16. The Kier molecular flexibility index (Phi) is 6.49. The van der Waals surface area contributed by atoms with E-state index in [2.05, 4.69) is 51.3 Å². The van der Waals surface area contributed by atoms with E-state index >= 15 is 0 Å². The van der Waals surface area contributed by atoms with Crippen molar-refractivity contribution >= 4 is 17.7 Å². The molecule has 1 aromatic heterocycles. The van der Waals surface area contributed by atoms with Crippen molar-refractivity contribution in [2.45, 2.75) is 19.8 Å². The predicted molar refractivity (Wildman–Crippen MR) is 125 cm³/mol. The standard InChI is InChI=1S/C26H26N4O/c1-20-6-8-21(9-7-20)10-11-23-17-24(12-13-25(23)30-15-2-3-16-30)26(31)27-14-4-5-22-18-28-29-19-22/h4-9,12-13,17-19H,2-3,14-16H2,1H3,(H,27,31)(H,28,29)/b5-4+. The summed E-state index contributed by atoms with van der Waals surface area (Å²) in [6.45, 7) is 4.57. The van der Waals surface area contributed by atoms with E-state index in [4.69, 9.17) is 0 Å². The Morgan fingerprint density at radius 2 is 1.97 bits per heavy atom. The Balaban J connectivity index is 1.52. The molecule has 0 bridgehead atoms. The fourth-order valence-corrected chi connectivity index (χ4v) is 3.59. The minimum Gasteiger partial charge on any atom is -0.371 e. The molecule has 4 rings (SSSR count). The highest BCUT2D eigenvalue weighted by molar-refractivity contribution is 5.95. The summed E-state index contributed by atoms with van der Waals surface area (Å²) >= 11 is 0. The average molecular weight is 411 g/mol. The van der Waals surface area contributed by atoms with Crippen LogP contribution in [0.1, 0.15) is 45.5 Å². The van der Waals surface area contributed by atoms with Crippen LogP contribution in [0, 0.1) is 18.8 Å². The molecule has 1 aliphatic heterocycles. The van der Waals surface area contributed by atoms with Gasteiger partial charge in [0.05, 0.1) is 11.9 Å². The van der Waals surface area contributed by atoms with Crippen molar-refractivity contribution < 1.29 is 4.79 Å². The molecule has 1 saturated heterocycles. The Labute approximate surface area is 183 Å². The normalized spacial score (nSPS) is 13.3. The van der Waals surface area contributed by atoms with Crippen molar-refractivity contribution in [2.75, 3.05) is 24.5 Å². The smallest absolute Gasteiger partial charge is 0.251 e. The lowest BCUT2D eigenvalue weighted by molar-refractivity contribution is 0.0958. The lowest BCUT2D eigenvalue weighted by Crippen LogP contribution is -2.24. The van der Waals surface area contributed by atoms with Crippen molar-refractivity contribution in [3.8, 4) is 11.8 Å². The molecular formula is C26H26N4O. The number of hydrogen-bond donors (Lipinski definition) is 2. The minimum absolute atomic E-state index is 0.108. The van der Waals surface area contributed by atoms with Crippen molar-refractivity contribution in [3.63, 3.8) is 0 Å². The Morgan fingerprint density at radius 3 is 2.71 bits per heavy atom. The summed E-state index contributed by atoms with van der Waals surface area (Å²) in [6, 6.07) is 14.0. The molecule has 1 aliphatic rings. The zero-order chi connectivity index (χ0) is 21.5. The van der Waals surface area contributed by atoms with E-state index in [-0.39, 0.29) is 5.91 Å². The summed E-state index contributed by atoms with van der Waals surface area (Å²) in [5.41, 5.74) is 5.77. The van der Waals surface area contributed by atoms with Crippen LogP contribution in [0.3, 0.4) is 0 Å². The lowest BCUT2D eigenvalue weighted by Gasteiger charge is -2.20. The largest absolute Gasteiger partial charge is 0.371 e. The summed E-state index contributed by atoms with van der Waals surface area (Å²) in [5.74, 6) is 6.46. The number of carbonyl (C=O) groups excluding carboxylic acids is 1. The van der Waals surface area contributed by atoms with E-state index in [1.807, 2.05) is 42.5 Å². The van der Waals surface area contributed by atoms with E-state index in [1.165, 1.54) is 18.4 Å². The summed E-state index contributed by atoms with van der Waals surface area (Å²) < 4.78 is 0. The van der Waals surface area contributed by atoms with E-state index in [0.29, 0.717) is 12.1 Å². The number of aryl methyl sites for hydroxylation is 1. The first kappa shape index (κ1) is 20.5. The van der Waals surface area contributed by atoms with Gasteiger partial charge in [-0.2, -0.15) is 5.10 Å². The van der Waals surface area contributed by atoms with Crippen LogP contribution in [0.15, 0.2) is 60.9 Å². The van der Waals surface area contributed by atoms with E-state index in [1.54, 1.807) is 12.4 Å². The molecule has 31 heavy (non-hydrogen) atoms. The molecule has 0 saturated carbocycles. The third kappa shape index (κ3) is 5.43. The molecule has 2 heterocycles. The van der Waals surface area contributed by atoms with Crippen molar-refractivity contribution in [1.82, 2.24) is 15.5 Å². The van der Waals surface area contributed by atoms with E-state index < -0.39 is 0 Å². The third-order valence-corrected chi connectivity index (χ3v) is 5.31. The first-order valence-electron chi connectivity index (χ1n) is 10.6. The molecular weight excluding hydrogens is 384 g/mol. The highest BCUT2D eigenvalue weighted by Crippen LogP contribution is 2.25. The second-order valence-corrected chi connectivity index (χ2v) is 7.69. The van der Waals surface area contributed by atoms with Gasteiger partial charge in [0.2, 0.25) is 0 Å². The van der Waals surface area contributed by atoms with Gasteiger partial charge in [-0.3, -0.25) is 9.89 Å². The number of aromatic amines is 1. The Hall–Kier alpha value is -3.78. The SMILES string of the molecule is Cc1ccc(C#Cc2cc(C(=O)NC/C=C/c3cn[nH]c3)ccc2N2CCCC2)cc1. The highest BCUT2D eigenvalue weighted by atomic mass is 16.1. The zero-order valence-corrected chi connectivity index (χ0v) is 17.7. The van der Waals surface area contributed by atoms with Gasteiger partial charge < -0.3 is 10.2 Å². The van der Waals surface area contributed by atoms with Crippen LogP contribution in [0.25, 0.3) is 6.08 Å². The molecule has 3 aromatic rings. The van der Waals surface area contributed by atoms with Gasteiger partial charge in [-0.1, -0.05) is 41.7 Å². The second-order valence-electron chi connectivity index (χ2n) is 7.69. The highest BCUT2D eigenvalue weighted by Gasteiger charge is 2.16. The van der Waals surface area contributed by atoms with Crippen LogP contribution >= 0.6 is 0 Å². The summed E-state index contributed by atoms with van der Waals surface area (Å²) in [6.07, 6.45) is 9.73. The number of hydrogen-bond acceptors (Lipinski definition) is 3. The molecule has 2 N–H and O–H groups in total. The van der Waals surface area contributed by atoms with Gasteiger partial charge in [0.15, 0.2) is 0 Å². The molecule has 0 spiro atoms. The summed E-state index contributed by atoms with van der Waals surface area (Å²) in [5, 5.41) is 9.60. The second kappa shape index (κ2) is 9.82. The topological polar surface area (TPSA) is 61.0 Å². The third-order valence-electron chi connectivity index (χ3n) is 5.31. The quantitative estimate of drug-likeness (QED) is 0.621. The van der Waals surface area contributed by atoms with Gasteiger partial charge in [-0.25, -0.2) is 0 Å². The van der Waals surface area contributed by atoms with Crippen LogP contribution in [-0.4, -0.2) is 35.7 Å². The van der Waals surface area contributed by atoms with Crippen LogP contribution in [0.2, 0.25) is 0 Å². The number of amides is 1. The number of nitrogens with zero attached hydrogens (tertiary/aromatic N) is 2. The maximum absolute atomic E-state index is 12.7. The number of nitrogens with one attached hydrogen (secondary N) is 2. The molecule has 156 valence electrons. The number of aromatic nitrogens is 2. The van der Waals surface area contributed by atoms with Crippen LogP contribution < -0.4 is 10.2 Å². The van der Waals surface area contributed by atoms with Crippen molar-refractivity contribution in [1.29, 1.82) is 0 Å². The molecule has 1 amide bonds. The van der Waals surface area contributed by atoms with Gasteiger partial charge in [-0.05, 0) is 50.1 Å². The lowest BCUT2D eigenvalue weighted by atomic mass is 10.1. The minimum atomic E-state index is -0.108. The average Bonchev–Trinajstić information content (AvgIpc) is 3.50. The van der Waals surface area contributed by atoms with Gasteiger partial charge in [-0.15, -0.1) is 0 Å². The van der Waals surface area contributed by atoms with E-state index in [9.17, 15) is 4.79 Å². The van der Waals surface area contributed by atoms with Crippen LogP contribution in [-0.2, 0) is 0 Å². The Morgan fingerprint density at radius 1 is 1.16 bits per heavy atom. The van der Waals surface area contributed by atoms with Gasteiger partial charge in [0, 0.05) is 48.1 Å². The maximum Gasteiger partial charge on any atom is 0.251 e. The van der Waals surface area contributed by atoms with Gasteiger partial charge in [0.1, 0.15) is 0 Å². The molecule has 5 nitrogen and oxygen atoms in total. The summed E-state index contributed by atoms with van der Waals surface area (Å²) in [4.78, 5) is 15.0. The molecule has 5 heteroatoms. The molecule has 0 unspecified atom stereocenters. The maximum atomic E-state index is 12.7. The molecule has 0 radical (unpaired) electrons. The molecule has 2 aromatic carbocycles. The van der Waals surface area contributed by atoms with Crippen LogP contribution in [0.5, 0.6) is 0 Å².